The summed E-state index contributed by atoms with van der Waals surface area (Å²) >= 11 is 0. The van der Waals surface area contributed by atoms with Gasteiger partial charge in [-0.2, -0.15) is 0 Å². The normalized spacial score (nSPS) is 12.3. The first-order chi connectivity index (χ1) is 26.2. The Balaban J connectivity index is 1.13. The van der Waals surface area contributed by atoms with E-state index in [4.69, 9.17) is 14.4 Å². The highest BCUT2D eigenvalue weighted by molar-refractivity contribution is 6.27. The van der Waals surface area contributed by atoms with Crippen LogP contribution in [0.1, 0.15) is 16.7 Å². The minimum absolute atomic E-state index is 0.112. The lowest BCUT2D eigenvalue weighted by Crippen LogP contribution is -2.05. The first kappa shape index (κ1) is 30.6. The fourth-order valence-corrected chi connectivity index (χ4v) is 7.68. The fraction of sp³-hybridized carbons (Fsp3) is 0. The van der Waals surface area contributed by atoms with Crippen LogP contribution < -0.4 is 0 Å². The number of hydrogen-bond acceptors (Lipinski definition) is 2. The lowest BCUT2D eigenvalue weighted by Gasteiger charge is -2.11. The summed E-state index contributed by atoms with van der Waals surface area (Å²) < 4.78 is 6.51. The Labute approximate surface area is 305 Å². The summed E-state index contributed by atoms with van der Waals surface area (Å²) in [6, 6.07) is 60.4. The third kappa shape index (κ3) is 5.28. The van der Waals surface area contributed by atoms with Crippen LogP contribution in [-0.2, 0) is 0 Å². The quantitative estimate of drug-likeness (QED) is 0.112. The number of nitrogens with one attached hydrogen (secondary N) is 1. The van der Waals surface area contributed by atoms with Gasteiger partial charge >= 0.3 is 0 Å². The van der Waals surface area contributed by atoms with Crippen LogP contribution in [0.25, 0.3) is 76.2 Å². The highest BCUT2D eigenvalue weighted by Crippen LogP contribution is 2.39. The van der Waals surface area contributed by atoms with Crippen molar-refractivity contribution in [3.63, 3.8) is 0 Å². The molecular formula is C49H31N3O. The number of aliphatic imine (C=N–C) groups is 2. The Morgan fingerprint density at radius 2 is 1.08 bits per heavy atom. The molecular weight excluding hydrogens is 647 g/mol. The van der Waals surface area contributed by atoms with Crippen molar-refractivity contribution in [2.45, 2.75) is 0 Å². The zero-order valence-electron chi connectivity index (χ0n) is 28.6. The van der Waals surface area contributed by atoms with Gasteiger partial charge in [-0.25, -0.2) is 9.98 Å². The van der Waals surface area contributed by atoms with Gasteiger partial charge in [0.2, 0.25) is 0 Å². The summed E-state index contributed by atoms with van der Waals surface area (Å²) in [5.41, 5.74) is 6.22. The molecule has 0 spiro atoms. The van der Waals surface area contributed by atoms with E-state index in [-0.39, 0.29) is 5.84 Å². The van der Waals surface area contributed by atoms with Crippen LogP contribution in [0.15, 0.2) is 190 Å². The van der Waals surface area contributed by atoms with Gasteiger partial charge in [-0.05, 0) is 84.7 Å². The Morgan fingerprint density at radius 1 is 0.491 bits per heavy atom. The summed E-state index contributed by atoms with van der Waals surface area (Å²) in [7, 11) is 0. The molecule has 0 aliphatic rings. The molecule has 4 heteroatoms. The highest BCUT2D eigenvalue weighted by Gasteiger charge is 2.19. The fourth-order valence-electron chi connectivity index (χ4n) is 7.68. The van der Waals surface area contributed by atoms with Gasteiger partial charge in [-0.3, -0.25) is 5.41 Å². The molecule has 9 aromatic carbocycles. The minimum Gasteiger partial charge on any atom is -0.455 e. The van der Waals surface area contributed by atoms with Crippen LogP contribution >= 0.6 is 0 Å². The molecule has 0 saturated carbocycles. The molecule has 0 radical (unpaired) electrons. The predicted molar refractivity (Wildman–Crippen MR) is 223 cm³/mol. The molecule has 0 saturated heterocycles. The maximum atomic E-state index is 9.55. The molecule has 53 heavy (non-hydrogen) atoms. The first-order valence-corrected chi connectivity index (χ1v) is 17.7. The lowest BCUT2D eigenvalue weighted by atomic mass is 9.93. The topological polar surface area (TPSA) is 61.7 Å². The second-order valence-corrected chi connectivity index (χ2v) is 13.3. The minimum atomic E-state index is 0.112. The molecule has 10 aromatic rings. The second kappa shape index (κ2) is 12.6. The summed E-state index contributed by atoms with van der Waals surface area (Å²) in [4.78, 5) is 9.96. The predicted octanol–water partition coefficient (Wildman–Crippen LogP) is 12.8. The van der Waals surface area contributed by atoms with E-state index in [2.05, 4.69) is 109 Å². The highest BCUT2D eigenvalue weighted by atomic mass is 16.3. The van der Waals surface area contributed by atoms with Crippen LogP contribution in [0, 0.1) is 5.41 Å². The summed E-state index contributed by atoms with van der Waals surface area (Å²) in [5, 5.41) is 20.7. The van der Waals surface area contributed by atoms with Gasteiger partial charge in [0.05, 0.1) is 0 Å². The lowest BCUT2D eigenvalue weighted by molar-refractivity contribution is 0.672. The van der Waals surface area contributed by atoms with E-state index in [1.165, 1.54) is 32.3 Å². The number of benzene rings is 9. The van der Waals surface area contributed by atoms with Gasteiger partial charge in [0.1, 0.15) is 11.2 Å². The van der Waals surface area contributed by atoms with Crippen LogP contribution in [-0.4, -0.2) is 17.9 Å². The van der Waals surface area contributed by atoms with Crippen molar-refractivity contribution in [1.82, 2.24) is 0 Å². The molecule has 0 fully saturated rings. The van der Waals surface area contributed by atoms with Crippen molar-refractivity contribution in [3.8, 4) is 11.1 Å². The average molecular weight is 678 g/mol. The first-order valence-electron chi connectivity index (χ1n) is 17.7. The maximum Gasteiger partial charge on any atom is 0.161 e. The molecule has 248 valence electrons. The molecule has 1 aromatic heterocycles. The van der Waals surface area contributed by atoms with E-state index in [1.54, 1.807) is 0 Å². The molecule has 1 heterocycles. The number of hydrogen-bond donors (Lipinski definition) is 1. The van der Waals surface area contributed by atoms with E-state index < -0.39 is 0 Å². The number of fused-ring (bicyclic) bond motifs is 11. The molecule has 4 nitrogen and oxygen atoms in total. The molecule has 0 aliphatic carbocycles. The second-order valence-electron chi connectivity index (χ2n) is 13.3. The number of amidine groups is 2. The van der Waals surface area contributed by atoms with Gasteiger partial charge in [-0.1, -0.05) is 146 Å². The van der Waals surface area contributed by atoms with Crippen molar-refractivity contribution in [2.75, 3.05) is 0 Å². The van der Waals surface area contributed by atoms with Crippen molar-refractivity contribution >= 4 is 82.9 Å². The van der Waals surface area contributed by atoms with E-state index >= 15 is 0 Å². The Bertz CT molecular complexity index is 3080. The molecule has 1 N–H and O–H groups in total. The monoisotopic (exact) mass is 677 g/mol. The van der Waals surface area contributed by atoms with Crippen molar-refractivity contribution in [1.29, 1.82) is 5.41 Å². The average Bonchev–Trinajstić information content (AvgIpc) is 3.62. The summed E-state index contributed by atoms with van der Waals surface area (Å²) in [6.07, 6.45) is 1.86. The zero-order chi connectivity index (χ0) is 35.3. The third-order valence-electron chi connectivity index (χ3n) is 10.2. The summed E-state index contributed by atoms with van der Waals surface area (Å²) in [6.45, 7) is 0. The molecule has 0 amide bonds. The largest absolute Gasteiger partial charge is 0.455 e. The van der Waals surface area contributed by atoms with Gasteiger partial charge in [-0.15, -0.1) is 0 Å². The van der Waals surface area contributed by atoms with Gasteiger partial charge < -0.3 is 4.42 Å². The molecule has 0 unspecified atom stereocenters. The Kier molecular flexibility index (Phi) is 7.26. The SMILES string of the molecule is N=C(N=C(N=Cc1ccc2c3ccccc3c3ccccc3c2c1)c1ccccc1)c1cc2cc(-c3ccccc3)ccc2c2oc3ccccc3c12. The number of nitrogens with zero attached hydrogens (tertiary/aromatic N) is 2. The molecule has 10 rings (SSSR count). The number of furan rings is 1. The maximum absolute atomic E-state index is 9.55. The van der Waals surface area contributed by atoms with Crippen LogP contribution in [0.2, 0.25) is 0 Å². The molecule has 0 aliphatic heterocycles. The smallest absolute Gasteiger partial charge is 0.161 e. The van der Waals surface area contributed by atoms with E-state index in [0.29, 0.717) is 11.4 Å². The number of para-hydroxylation sites is 1. The molecule has 0 atom stereocenters. The number of rotatable bonds is 4. The Hall–Kier alpha value is -7.17. The van der Waals surface area contributed by atoms with Crippen molar-refractivity contribution in [2.24, 2.45) is 9.98 Å². The van der Waals surface area contributed by atoms with E-state index in [0.717, 1.165) is 55.0 Å². The third-order valence-corrected chi connectivity index (χ3v) is 10.2. The van der Waals surface area contributed by atoms with Crippen LogP contribution in [0.4, 0.5) is 0 Å². The van der Waals surface area contributed by atoms with E-state index in [9.17, 15) is 5.41 Å². The standard InChI is InChI=1S/C49H31N3O/c50-48(44-29-35-28-34(32-13-3-1-4-14-32)24-26-36(35)47-46(44)42-21-11-12-22-45(42)53-47)52-49(33-15-5-2-6-16-33)51-30-31-23-25-41-39-19-8-7-17-37(39)38-18-9-10-20-40(38)43(41)27-31/h1-30,50H. The van der Waals surface area contributed by atoms with Crippen LogP contribution in [0.3, 0.4) is 0 Å². The van der Waals surface area contributed by atoms with Crippen molar-refractivity contribution < 1.29 is 4.42 Å². The molecule has 0 bridgehead atoms. The van der Waals surface area contributed by atoms with Gasteiger partial charge in [0.25, 0.3) is 0 Å². The zero-order valence-corrected chi connectivity index (χ0v) is 28.6. The summed E-state index contributed by atoms with van der Waals surface area (Å²) in [5.74, 6) is 0.568. The van der Waals surface area contributed by atoms with Gasteiger partial charge in [0.15, 0.2) is 11.7 Å². The van der Waals surface area contributed by atoms with Crippen molar-refractivity contribution in [3.05, 3.63) is 193 Å². The van der Waals surface area contributed by atoms with E-state index in [1.807, 2.05) is 72.9 Å². The van der Waals surface area contributed by atoms with Crippen LogP contribution in [0.5, 0.6) is 0 Å². The Morgan fingerprint density at radius 3 is 1.79 bits per heavy atom. The van der Waals surface area contributed by atoms with Gasteiger partial charge in [0, 0.05) is 33.5 Å².